The molecule has 1 heterocycles. The Hall–Kier alpha value is -3.02. The Balaban J connectivity index is 2.04. The molecule has 12 heteroatoms. The zero-order valence-corrected chi connectivity index (χ0v) is 12.7. The van der Waals surface area contributed by atoms with Crippen LogP contribution >= 0.6 is 11.8 Å². The lowest BCUT2D eigenvalue weighted by atomic mass is 10.3. The van der Waals surface area contributed by atoms with E-state index in [9.17, 15) is 34.6 Å². The number of non-ortho nitro benzene ring substituents is 1. The molecule has 0 radical (unpaired) electrons. The van der Waals surface area contributed by atoms with Gasteiger partial charge in [-0.25, -0.2) is 4.79 Å². The zero-order chi connectivity index (χ0) is 17.9. The fourth-order valence-electron chi connectivity index (χ4n) is 1.81. The third-order valence-electron chi connectivity index (χ3n) is 2.89. The van der Waals surface area contributed by atoms with E-state index in [-0.39, 0.29) is 17.7 Å². The van der Waals surface area contributed by atoms with Crippen LogP contribution in [0.3, 0.4) is 0 Å². The molecule has 2 amide bonds. The van der Waals surface area contributed by atoms with Gasteiger partial charge < -0.3 is 4.84 Å². The fourth-order valence-corrected chi connectivity index (χ4v) is 2.58. The number of carbonyl (C=O) groups excluding carboxylic acids is 3. The van der Waals surface area contributed by atoms with Gasteiger partial charge in [0.25, 0.3) is 23.2 Å². The van der Waals surface area contributed by atoms with E-state index >= 15 is 0 Å². The van der Waals surface area contributed by atoms with Crippen molar-refractivity contribution in [3.05, 3.63) is 38.4 Å². The molecule has 1 fully saturated rings. The summed E-state index contributed by atoms with van der Waals surface area (Å²) in [6.45, 7) is 0. The van der Waals surface area contributed by atoms with Crippen molar-refractivity contribution in [2.45, 2.75) is 17.7 Å². The first-order valence-corrected chi connectivity index (χ1v) is 7.40. The lowest BCUT2D eigenvalue weighted by molar-refractivity contribution is -0.396. The first-order chi connectivity index (χ1) is 11.3. The van der Waals surface area contributed by atoms with Crippen LogP contribution in [0.25, 0.3) is 0 Å². The number of nitrogens with zero attached hydrogens (tertiary/aromatic N) is 3. The standard InChI is InChI=1S/C12H9N3O8S/c16-10-3-4-11(17)13(10)23-12(18)6-24-9-2-1-7(14(19)20)5-8(9)15(21)22/h1-2,5H,3-4,6H2. The highest BCUT2D eigenvalue weighted by molar-refractivity contribution is 8.00. The van der Waals surface area contributed by atoms with Crippen molar-refractivity contribution >= 4 is 40.9 Å². The van der Waals surface area contributed by atoms with Gasteiger partial charge in [-0.05, 0) is 6.07 Å². The Labute approximate surface area is 137 Å². The number of carbonyl (C=O) groups is 3. The monoisotopic (exact) mass is 355 g/mol. The number of thioether (sulfide) groups is 1. The van der Waals surface area contributed by atoms with Gasteiger partial charge in [0.15, 0.2) is 0 Å². The van der Waals surface area contributed by atoms with E-state index in [1.807, 2.05) is 0 Å². The number of hydrogen-bond acceptors (Lipinski definition) is 9. The molecule has 1 aliphatic rings. The van der Waals surface area contributed by atoms with Crippen molar-refractivity contribution in [2.24, 2.45) is 0 Å². The predicted molar refractivity (Wildman–Crippen MR) is 77.7 cm³/mol. The number of amides is 2. The maximum Gasteiger partial charge on any atom is 0.343 e. The van der Waals surface area contributed by atoms with Crippen LogP contribution in [0.5, 0.6) is 0 Å². The average Bonchev–Trinajstić information content (AvgIpc) is 2.84. The molecule has 0 bridgehead atoms. The van der Waals surface area contributed by atoms with Crippen LogP contribution < -0.4 is 0 Å². The average molecular weight is 355 g/mol. The minimum absolute atomic E-state index is 0.0154. The molecule has 1 saturated heterocycles. The maximum atomic E-state index is 11.7. The third kappa shape index (κ3) is 3.84. The van der Waals surface area contributed by atoms with E-state index in [1.165, 1.54) is 0 Å². The van der Waals surface area contributed by atoms with Gasteiger partial charge in [-0.15, -0.1) is 16.8 Å². The largest absolute Gasteiger partial charge is 0.343 e. The minimum Gasteiger partial charge on any atom is -0.329 e. The van der Waals surface area contributed by atoms with Crippen molar-refractivity contribution < 1.29 is 29.1 Å². The second-order valence-corrected chi connectivity index (χ2v) is 5.52. The molecule has 1 aromatic rings. The Morgan fingerprint density at radius 1 is 1.17 bits per heavy atom. The van der Waals surface area contributed by atoms with Gasteiger partial charge in [-0.1, -0.05) is 0 Å². The number of rotatable bonds is 6. The molecule has 0 unspecified atom stereocenters. The summed E-state index contributed by atoms with van der Waals surface area (Å²) in [5.41, 5.74) is -0.989. The fraction of sp³-hybridized carbons (Fsp3) is 0.250. The summed E-state index contributed by atoms with van der Waals surface area (Å²) in [7, 11) is 0. The minimum atomic E-state index is -0.948. The normalized spacial score (nSPS) is 13.9. The predicted octanol–water partition coefficient (Wildman–Crippen LogP) is 1.20. The number of benzene rings is 1. The smallest absolute Gasteiger partial charge is 0.329 e. The second kappa shape index (κ2) is 7.04. The summed E-state index contributed by atoms with van der Waals surface area (Å²) >= 11 is 0.702. The molecule has 0 aliphatic carbocycles. The molecule has 0 N–H and O–H groups in total. The molecule has 11 nitrogen and oxygen atoms in total. The SMILES string of the molecule is O=C(CSc1ccc([N+](=O)[O-])cc1[N+](=O)[O-])ON1C(=O)CCC1=O. The highest BCUT2D eigenvalue weighted by Gasteiger charge is 2.33. The van der Waals surface area contributed by atoms with Crippen molar-refractivity contribution in [1.29, 1.82) is 0 Å². The Kier molecular flexibility index (Phi) is 5.08. The maximum absolute atomic E-state index is 11.7. The number of hydroxylamine groups is 2. The van der Waals surface area contributed by atoms with E-state index in [0.29, 0.717) is 16.8 Å². The molecular weight excluding hydrogens is 346 g/mol. The van der Waals surface area contributed by atoms with Crippen LogP contribution in [-0.2, 0) is 19.2 Å². The molecule has 0 aromatic heterocycles. The summed E-state index contributed by atoms with van der Waals surface area (Å²) in [6, 6.07) is 2.98. The van der Waals surface area contributed by atoms with Gasteiger partial charge in [0.05, 0.1) is 26.6 Å². The third-order valence-corrected chi connectivity index (χ3v) is 3.93. The molecule has 24 heavy (non-hydrogen) atoms. The Morgan fingerprint density at radius 3 is 2.33 bits per heavy atom. The Morgan fingerprint density at radius 2 is 1.79 bits per heavy atom. The molecule has 0 spiro atoms. The topological polar surface area (TPSA) is 150 Å². The highest BCUT2D eigenvalue weighted by atomic mass is 32.2. The van der Waals surface area contributed by atoms with Crippen molar-refractivity contribution in [3.8, 4) is 0 Å². The number of nitro groups is 2. The highest BCUT2D eigenvalue weighted by Crippen LogP contribution is 2.32. The molecule has 126 valence electrons. The molecular formula is C12H9N3O8S. The lowest BCUT2D eigenvalue weighted by Gasteiger charge is -2.12. The Bertz CT molecular complexity index is 734. The second-order valence-electron chi connectivity index (χ2n) is 4.50. The number of imide groups is 1. The summed E-state index contributed by atoms with van der Waals surface area (Å²) < 4.78 is 0. The van der Waals surface area contributed by atoms with Gasteiger partial charge in [0.2, 0.25) is 0 Å². The van der Waals surface area contributed by atoms with E-state index in [2.05, 4.69) is 4.84 Å². The number of hydrogen-bond donors (Lipinski definition) is 0. The van der Waals surface area contributed by atoms with Crippen LogP contribution in [0, 0.1) is 20.2 Å². The van der Waals surface area contributed by atoms with Crippen molar-refractivity contribution in [1.82, 2.24) is 5.06 Å². The summed E-state index contributed by atoms with van der Waals surface area (Å²) in [4.78, 5) is 58.9. The first kappa shape index (κ1) is 17.3. The quantitative estimate of drug-likeness (QED) is 0.317. The molecule has 0 saturated carbocycles. The van der Waals surface area contributed by atoms with Gasteiger partial charge in [0, 0.05) is 18.9 Å². The zero-order valence-electron chi connectivity index (χ0n) is 11.9. The van der Waals surface area contributed by atoms with Crippen molar-refractivity contribution in [2.75, 3.05) is 5.75 Å². The lowest BCUT2D eigenvalue weighted by Crippen LogP contribution is -2.32. The van der Waals surface area contributed by atoms with Gasteiger partial charge in [-0.3, -0.25) is 29.8 Å². The van der Waals surface area contributed by atoms with E-state index in [4.69, 9.17) is 0 Å². The van der Waals surface area contributed by atoms with Crippen LogP contribution in [0.15, 0.2) is 23.1 Å². The van der Waals surface area contributed by atoms with E-state index in [0.717, 1.165) is 18.2 Å². The van der Waals surface area contributed by atoms with Gasteiger partial charge >= 0.3 is 5.97 Å². The van der Waals surface area contributed by atoms with Crippen molar-refractivity contribution in [3.63, 3.8) is 0 Å². The molecule has 1 aromatic carbocycles. The molecule has 2 rings (SSSR count). The van der Waals surface area contributed by atoms with E-state index in [1.54, 1.807) is 0 Å². The summed E-state index contributed by atoms with van der Waals surface area (Å²) in [6.07, 6.45) is -0.0971. The van der Waals surface area contributed by atoms with Crippen LogP contribution in [0.2, 0.25) is 0 Å². The summed E-state index contributed by atoms with van der Waals surface area (Å²) in [5, 5.41) is 22.0. The first-order valence-electron chi connectivity index (χ1n) is 6.42. The summed E-state index contributed by atoms with van der Waals surface area (Å²) in [5.74, 6) is -2.65. The molecule has 0 atom stereocenters. The van der Waals surface area contributed by atoms with Crippen LogP contribution in [-0.4, -0.2) is 38.4 Å². The van der Waals surface area contributed by atoms with Crippen LogP contribution in [0.4, 0.5) is 11.4 Å². The van der Waals surface area contributed by atoms with Gasteiger partial charge in [-0.2, -0.15) is 0 Å². The molecule has 1 aliphatic heterocycles. The van der Waals surface area contributed by atoms with Gasteiger partial charge in [0.1, 0.15) is 0 Å². The number of nitro benzene ring substituents is 2. The van der Waals surface area contributed by atoms with E-state index < -0.39 is 44.8 Å². The van der Waals surface area contributed by atoms with Crippen LogP contribution in [0.1, 0.15) is 12.8 Å².